The van der Waals surface area contributed by atoms with Gasteiger partial charge < -0.3 is 10.1 Å². The molecule has 0 heterocycles. The fourth-order valence-electron chi connectivity index (χ4n) is 1.96. The van der Waals surface area contributed by atoms with E-state index in [4.69, 9.17) is 4.74 Å². The molecular formula is C14H32N2O. The lowest BCUT2D eigenvalue weighted by Crippen LogP contribution is -2.40. The largest absolute Gasteiger partial charge is 0.383 e. The molecule has 0 aliphatic heterocycles. The molecule has 0 radical (unpaired) electrons. The van der Waals surface area contributed by atoms with Crippen LogP contribution in [0.2, 0.25) is 0 Å². The van der Waals surface area contributed by atoms with Crippen LogP contribution in [0.3, 0.4) is 0 Å². The first-order chi connectivity index (χ1) is 8.11. The Bertz CT molecular complexity index is 162. The van der Waals surface area contributed by atoms with Crippen molar-refractivity contribution in [1.29, 1.82) is 0 Å². The third-order valence-corrected chi connectivity index (χ3v) is 2.97. The Hall–Kier alpha value is -0.120. The fourth-order valence-corrected chi connectivity index (χ4v) is 1.96. The van der Waals surface area contributed by atoms with Crippen LogP contribution in [-0.2, 0) is 4.74 Å². The SMILES string of the molecule is CCCNCCC(C)N(CCOC)CC(C)C. The summed E-state index contributed by atoms with van der Waals surface area (Å²) in [7, 11) is 1.78. The van der Waals surface area contributed by atoms with Gasteiger partial charge in [-0.1, -0.05) is 20.8 Å². The van der Waals surface area contributed by atoms with Crippen LogP contribution in [0.5, 0.6) is 0 Å². The molecule has 1 N–H and O–H groups in total. The van der Waals surface area contributed by atoms with Gasteiger partial charge in [-0.15, -0.1) is 0 Å². The van der Waals surface area contributed by atoms with E-state index in [0.717, 1.165) is 38.7 Å². The number of hydrogen-bond acceptors (Lipinski definition) is 3. The first-order valence-corrected chi connectivity index (χ1v) is 7.05. The maximum atomic E-state index is 5.19. The summed E-state index contributed by atoms with van der Waals surface area (Å²) in [5.41, 5.74) is 0. The van der Waals surface area contributed by atoms with E-state index in [2.05, 4.69) is 37.9 Å². The average molecular weight is 244 g/mol. The second-order valence-electron chi connectivity index (χ2n) is 5.27. The summed E-state index contributed by atoms with van der Waals surface area (Å²) >= 11 is 0. The van der Waals surface area contributed by atoms with E-state index in [1.807, 2.05) is 0 Å². The van der Waals surface area contributed by atoms with Gasteiger partial charge in [-0.25, -0.2) is 0 Å². The van der Waals surface area contributed by atoms with E-state index in [0.29, 0.717) is 6.04 Å². The molecule has 0 bridgehead atoms. The molecule has 3 heteroatoms. The highest BCUT2D eigenvalue weighted by Gasteiger charge is 2.14. The van der Waals surface area contributed by atoms with Crippen molar-refractivity contribution in [1.82, 2.24) is 10.2 Å². The van der Waals surface area contributed by atoms with Crippen molar-refractivity contribution in [2.24, 2.45) is 5.92 Å². The molecule has 0 aliphatic rings. The van der Waals surface area contributed by atoms with E-state index in [1.165, 1.54) is 12.8 Å². The van der Waals surface area contributed by atoms with Crippen LogP contribution < -0.4 is 5.32 Å². The molecule has 0 fully saturated rings. The minimum Gasteiger partial charge on any atom is -0.383 e. The molecule has 0 aromatic carbocycles. The smallest absolute Gasteiger partial charge is 0.0589 e. The highest BCUT2D eigenvalue weighted by atomic mass is 16.5. The Labute approximate surface area is 108 Å². The Morgan fingerprint density at radius 1 is 1.18 bits per heavy atom. The summed E-state index contributed by atoms with van der Waals surface area (Å²) in [5.74, 6) is 0.720. The van der Waals surface area contributed by atoms with Gasteiger partial charge in [0.15, 0.2) is 0 Å². The molecule has 1 atom stereocenters. The second-order valence-corrected chi connectivity index (χ2v) is 5.27. The van der Waals surface area contributed by atoms with Crippen molar-refractivity contribution in [2.45, 2.75) is 46.6 Å². The van der Waals surface area contributed by atoms with Crippen LogP contribution in [0, 0.1) is 5.92 Å². The Kier molecular flexibility index (Phi) is 10.9. The normalized spacial score (nSPS) is 13.6. The van der Waals surface area contributed by atoms with Crippen molar-refractivity contribution in [3.8, 4) is 0 Å². The lowest BCUT2D eigenvalue weighted by Gasteiger charge is -2.30. The molecule has 0 saturated heterocycles. The van der Waals surface area contributed by atoms with Crippen LogP contribution in [0.15, 0.2) is 0 Å². The summed E-state index contributed by atoms with van der Waals surface area (Å²) in [6, 6.07) is 0.636. The third kappa shape index (κ3) is 9.57. The van der Waals surface area contributed by atoms with Crippen molar-refractivity contribution in [3.63, 3.8) is 0 Å². The standard InChI is InChI=1S/C14H32N2O/c1-6-8-15-9-7-14(4)16(10-11-17-5)12-13(2)3/h13-15H,6-12H2,1-5H3. The zero-order chi connectivity index (χ0) is 13.1. The minimum atomic E-state index is 0.636. The molecule has 17 heavy (non-hydrogen) atoms. The van der Waals surface area contributed by atoms with Crippen LogP contribution in [0.25, 0.3) is 0 Å². The van der Waals surface area contributed by atoms with Gasteiger partial charge in [0.2, 0.25) is 0 Å². The first-order valence-electron chi connectivity index (χ1n) is 7.05. The van der Waals surface area contributed by atoms with Gasteiger partial charge in [0.25, 0.3) is 0 Å². The molecule has 0 aromatic rings. The summed E-state index contributed by atoms with van der Waals surface area (Å²) < 4.78 is 5.19. The predicted molar refractivity (Wildman–Crippen MR) is 75.5 cm³/mol. The van der Waals surface area contributed by atoms with Crippen LogP contribution in [0.1, 0.15) is 40.5 Å². The monoisotopic (exact) mass is 244 g/mol. The summed E-state index contributed by atoms with van der Waals surface area (Å²) in [4.78, 5) is 2.54. The molecule has 0 amide bonds. The van der Waals surface area contributed by atoms with Gasteiger partial charge >= 0.3 is 0 Å². The number of nitrogens with one attached hydrogen (secondary N) is 1. The molecule has 0 aliphatic carbocycles. The fraction of sp³-hybridized carbons (Fsp3) is 1.00. The number of ether oxygens (including phenoxy) is 1. The first kappa shape index (κ1) is 16.9. The van der Waals surface area contributed by atoms with Crippen molar-refractivity contribution >= 4 is 0 Å². The highest BCUT2D eigenvalue weighted by Crippen LogP contribution is 2.07. The van der Waals surface area contributed by atoms with E-state index < -0.39 is 0 Å². The van der Waals surface area contributed by atoms with Gasteiger partial charge in [-0.3, -0.25) is 4.90 Å². The molecular weight excluding hydrogens is 212 g/mol. The molecule has 0 rings (SSSR count). The van der Waals surface area contributed by atoms with E-state index in [9.17, 15) is 0 Å². The Balaban J connectivity index is 3.89. The van der Waals surface area contributed by atoms with E-state index >= 15 is 0 Å². The van der Waals surface area contributed by atoms with Gasteiger partial charge in [-0.2, -0.15) is 0 Å². The lowest BCUT2D eigenvalue weighted by molar-refractivity contribution is 0.112. The van der Waals surface area contributed by atoms with Crippen LogP contribution in [-0.4, -0.2) is 50.8 Å². The molecule has 0 aromatic heterocycles. The highest BCUT2D eigenvalue weighted by molar-refractivity contribution is 4.69. The molecule has 1 unspecified atom stereocenters. The van der Waals surface area contributed by atoms with Crippen molar-refractivity contribution in [2.75, 3.05) is 39.9 Å². The maximum absolute atomic E-state index is 5.19. The number of methoxy groups -OCH3 is 1. The average Bonchev–Trinajstić information content (AvgIpc) is 2.29. The van der Waals surface area contributed by atoms with Gasteiger partial charge in [0.05, 0.1) is 6.61 Å². The zero-order valence-electron chi connectivity index (χ0n) is 12.5. The minimum absolute atomic E-state index is 0.636. The van der Waals surface area contributed by atoms with Crippen molar-refractivity contribution < 1.29 is 4.74 Å². The topological polar surface area (TPSA) is 24.5 Å². The molecule has 0 spiro atoms. The molecule has 104 valence electrons. The molecule has 3 nitrogen and oxygen atoms in total. The van der Waals surface area contributed by atoms with E-state index in [1.54, 1.807) is 7.11 Å². The quantitative estimate of drug-likeness (QED) is 0.565. The van der Waals surface area contributed by atoms with E-state index in [-0.39, 0.29) is 0 Å². The Morgan fingerprint density at radius 3 is 2.41 bits per heavy atom. The van der Waals surface area contributed by atoms with Gasteiger partial charge in [-0.05, 0) is 38.8 Å². The van der Waals surface area contributed by atoms with Gasteiger partial charge in [0, 0.05) is 26.2 Å². The lowest BCUT2D eigenvalue weighted by atomic mass is 10.1. The number of hydrogen-bond donors (Lipinski definition) is 1. The second kappa shape index (κ2) is 11.0. The summed E-state index contributed by atoms with van der Waals surface area (Å²) in [6.07, 6.45) is 2.43. The Morgan fingerprint density at radius 2 is 1.88 bits per heavy atom. The predicted octanol–water partition coefficient (Wildman–Crippen LogP) is 2.37. The number of rotatable bonds is 11. The molecule has 0 saturated carbocycles. The summed E-state index contributed by atoms with van der Waals surface area (Å²) in [5, 5.41) is 3.47. The maximum Gasteiger partial charge on any atom is 0.0589 e. The van der Waals surface area contributed by atoms with Crippen LogP contribution in [0.4, 0.5) is 0 Å². The number of nitrogens with zero attached hydrogens (tertiary/aromatic N) is 1. The van der Waals surface area contributed by atoms with Crippen molar-refractivity contribution in [3.05, 3.63) is 0 Å². The van der Waals surface area contributed by atoms with Gasteiger partial charge in [0.1, 0.15) is 0 Å². The van der Waals surface area contributed by atoms with Crippen LogP contribution >= 0.6 is 0 Å². The summed E-state index contributed by atoms with van der Waals surface area (Å²) in [6.45, 7) is 14.4. The third-order valence-electron chi connectivity index (χ3n) is 2.97. The zero-order valence-corrected chi connectivity index (χ0v) is 12.5.